The van der Waals surface area contributed by atoms with Crippen molar-refractivity contribution < 1.29 is 19.0 Å². The van der Waals surface area contributed by atoms with Crippen LogP contribution < -0.4 is 14.2 Å². The highest BCUT2D eigenvalue weighted by atomic mass is 16.5. The van der Waals surface area contributed by atoms with E-state index in [0.29, 0.717) is 23.7 Å². The number of hydrogen-bond acceptors (Lipinski definition) is 4. The number of allylic oxidation sites excluding steroid dienone is 1. The monoisotopic (exact) mass is 322 g/mol. The van der Waals surface area contributed by atoms with Gasteiger partial charge in [-0.15, -0.1) is 0 Å². The van der Waals surface area contributed by atoms with Crippen molar-refractivity contribution in [2.45, 2.75) is 0 Å². The Hall–Kier alpha value is -3.01. The summed E-state index contributed by atoms with van der Waals surface area (Å²) < 4.78 is 16.1. The van der Waals surface area contributed by atoms with Crippen molar-refractivity contribution in [3.05, 3.63) is 71.3 Å². The van der Waals surface area contributed by atoms with Gasteiger partial charge in [-0.25, -0.2) is 0 Å². The Morgan fingerprint density at radius 1 is 1.08 bits per heavy atom. The van der Waals surface area contributed by atoms with Gasteiger partial charge in [0.1, 0.15) is 12.4 Å². The molecule has 0 saturated heterocycles. The summed E-state index contributed by atoms with van der Waals surface area (Å²) in [5, 5.41) is 0. The van der Waals surface area contributed by atoms with Crippen molar-refractivity contribution in [1.29, 1.82) is 0 Å². The third kappa shape index (κ3) is 3.33. The van der Waals surface area contributed by atoms with Crippen LogP contribution in [0.1, 0.15) is 15.9 Å². The maximum atomic E-state index is 12.3. The van der Waals surface area contributed by atoms with E-state index in [1.54, 1.807) is 44.6 Å². The topological polar surface area (TPSA) is 44.8 Å². The lowest BCUT2D eigenvalue weighted by atomic mass is 10.1. The first-order valence-electron chi connectivity index (χ1n) is 7.58. The number of benzene rings is 2. The third-order valence-corrected chi connectivity index (χ3v) is 3.77. The van der Waals surface area contributed by atoms with E-state index in [4.69, 9.17) is 14.2 Å². The molecule has 4 nitrogen and oxygen atoms in total. The maximum absolute atomic E-state index is 12.3. The third-order valence-electron chi connectivity index (χ3n) is 3.77. The van der Waals surface area contributed by atoms with E-state index in [1.807, 2.05) is 30.3 Å². The zero-order valence-electron chi connectivity index (χ0n) is 13.6. The molecule has 24 heavy (non-hydrogen) atoms. The van der Waals surface area contributed by atoms with Crippen LogP contribution in [0.15, 0.2) is 60.2 Å². The molecule has 2 aromatic rings. The molecule has 0 atom stereocenters. The summed E-state index contributed by atoms with van der Waals surface area (Å²) in [6, 6.07) is 12.9. The Morgan fingerprint density at radius 2 is 1.88 bits per heavy atom. The minimum Gasteiger partial charge on any atom is -0.493 e. The largest absolute Gasteiger partial charge is 0.493 e. The molecule has 2 aromatic carbocycles. The molecular formula is C20H18O4. The maximum Gasteiger partial charge on any atom is 0.185 e. The van der Waals surface area contributed by atoms with Gasteiger partial charge in [0.15, 0.2) is 17.3 Å². The highest BCUT2D eigenvalue weighted by molar-refractivity contribution is 6.05. The van der Waals surface area contributed by atoms with Crippen LogP contribution in [0.2, 0.25) is 0 Å². The van der Waals surface area contributed by atoms with Crippen molar-refractivity contribution in [2.24, 2.45) is 0 Å². The first-order chi connectivity index (χ1) is 11.7. The standard InChI is InChI=1S/C20H18O4/c1-22-19-10-8-15(12-20(19)23-2)17(21)9-7-14-11-16-5-3-4-6-18(16)24-13-14/h3-12H,13H2,1-2H3/b9-7+. The minimum atomic E-state index is -0.101. The SMILES string of the molecule is COc1ccc(C(=O)/C=C/C2=Cc3ccccc3OC2)cc1OC. The Balaban J connectivity index is 1.78. The van der Waals surface area contributed by atoms with E-state index in [1.165, 1.54) is 0 Å². The van der Waals surface area contributed by atoms with Crippen LogP contribution in [-0.4, -0.2) is 26.6 Å². The van der Waals surface area contributed by atoms with Gasteiger partial charge in [-0.05, 0) is 42.0 Å². The second kappa shape index (κ2) is 7.04. The number of carbonyl (C=O) groups is 1. The molecule has 0 spiro atoms. The fourth-order valence-corrected chi connectivity index (χ4v) is 2.50. The molecule has 0 amide bonds. The second-order valence-corrected chi connectivity index (χ2v) is 5.31. The molecule has 0 unspecified atom stereocenters. The van der Waals surface area contributed by atoms with Crippen LogP contribution in [-0.2, 0) is 0 Å². The zero-order chi connectivity index (χ0) is 16.9. The predicted molar refractivity (Wildman–Crippen MR) is 92.9 cm³/mol. The average molecular weight is 322 g/mol. The molecule has 1 aliphatic heterocycles. The smallest absolute Gasteiger partial charge is 0.185 e. The van der Waals surface area contributed by atoms with Crippen LogP contribution >= 0.6 is 0 Å². The molecule has 1 heterocycles. The quantitative estimate of drug-likeness (QED) is 0.618. The fraction of sp³-hybridized carbons (Fsp3) is 0.150. The number of rotatable bonds is 5. The molecule has 122 valence electrons. The highest BCUT2D eigenvalue weighted by Gasteiger charge is 2.11. The van der Waals surface area contributed by atoms with Gasteiger partial charge in [-0.1, -0.05) is 24.3 Å². The molecule has 4 heteroatoms. The Bertz CT molecular complexity index is 818. The summed E-state index contributed by atoms with van der Waals surface area (Å²) in [5.74, 6) is 1.89. The van der Waals surface area contributed by atoms with Crippen LogP contribution in [0.3, 0.4) is 0 Å². The first-order valence-corrected chi connectivity index (χ1v) is 7.58. The lowest BCUT2D eigenvalue weighted by molar-refractivity contribution is 0.104. The van der Waals surface area contributed by atoms with Crippen LogP contribution in [0.4, 0.5) is 0 Å². The van der Waals surface area contributed by atoms with Crippen molar-refractivity contribution in [3.63, 3.8) is 0 Å². The summed E-state index contributed by atoms with van der Waals surface area (Å²) in [7, 11) is 3.11. The number of carbonyl (C=O) groups excluding carboxylic acids is 1. The summed E-state index contributed by atoms with van der Waals surface area (Å²) in [6.45, 7) is 0.451. The number of ether oxygens (including phenoxy) is 3. The van der Waals surface area contributed by atoms with E-state index < -0.39 is 0 Å². The van der Waals surface area contributed by atoms with E-state index >= 15 is 0 Å². The van der Waals surface area contributed by atoms with Gasteiger partial charge in [0.25, 0.3) is 0 Å². The van der Waals surface area contributed by atoms with Crippen molar-refractivity contribution in [2.75, 3.05) is 20.8 Å². The highest BCUT2D eigenvalue weighted by Crippen LogP contribution is 2.28. The Labute approximate surface area is 141 Å². The zero-order valence-corrected chi connectivity index (χ0v) is 13.6. The van der Waals surface area contributed by atoms with Crippen LogP contribution in [0.25, 0.3) is 6.08 Å². The molecular weight excluding hydrogens is 304 g/mol. The fourth-order valence-electron chi connectivity index (χ4n) is 2.50. The van der Waals surface area contributed by atoms with Crippen molar-refractivity contribution in [1.82, 2.24) is 0 Å². The predicted octanol–water partition coefficient (Wildman–Crippen LogP) is 3.92. The molecule has 0 fully saturated rings. The van der Waals surface area contributed by atoms with E-state index in [2.05, 4.69) is 0 Å². The van der Waals surface area contributed by atoms with Gasteiger partial charge >= 0.3 is 0 Å². The summed E-state index contributed by atoms with van der Waals surface area (Å²) in [6.07, 6.45) is 5.36. The molecule has 0 aliphatic carbocycles. The molecule has 1 aliphatic rings. The second-order valence-electron chi connectivity index (χ2n) is 5.31. The number of ketones is 1. The lowest BCUT2D eigenvalue weighted by Crippen LogP contribution is -2.06. The summed E-state index contributed by atoms with van der Waals surface area (Å²) >= 11 is 0. The number of methoxy groups -OCH3 is 2. The number of hydrogen-bond donors (Lipinski definition) is 0. The average Bonchev–Trinajstić information content (AvgIpc) is 2.65. The Morgan fingerprint density at radius 3 is 2.67 bits per heavy atom. The van der Waals surface area contributed by atoms with Gasteiger partial charge < -0.3 is 14.2 Å². The first kappa shape index (κ1) is 15.9. The molecule has 3 rings (SSSR count). The number of para-hydroxylation sites is 1. The van der Waals surface area contributed by atoms with Crippen molar-refractivity contribution in [3.8, 4) is 17.2 Å². The molecule has 0 N–H and O–H groups in total. The van der Waals surface area contributed by atoms with Crippen molar-refractivity contribution >= 4 is 11.9 Å². The molecule has 0 saturated carbocycles. The van der Waals surface area contributed by atoms with Crippen LogP contribution in [0.5, 0.6) is 17.2 Å². The van der Waals surface area contributed by atoms with Gasteiger partial charge in [-0.2, -0.15) is 0 Å². The molecule has 0 bridgehead atoms. The van der Waals surface area contributed by atoms with Gasteiger partial charge in [0.05, 0.1) is 14.2 Å². The van der Waals surface area contributed by atoms with Gasteiger partial charge in [0.2, 0.25) is 0 Å². The van der Waals surface area contributed by atoms with E-state index in [0.717, 1.165) is 16.9 Å². The Kier molecular flexibility index (Phi) is 4.66. The molecule has 0 radical (unpaired) electrons. The van der Waals surface area contributed by atoms with Gasteiger partial charge in [0, 0.05) is 11.1 Å². The van der Waals surface area contributed by atoms with E-state index in [-0.39, 0.29) is 5.78 Å². The summed E-state index contributed by atoms with van der Waals surface area (Å²) in [5.41, 5.74) is 2.51. The normalized spacial score (nSPS) is 13.0. The molecule has 0 aromatic heterocycles. The van der Waals surface area contributed by atoms with E-state index in [9.17, 15) is 4.79 Å². The number of fused-ring (bicyclic) bond motifs is 1. The minimum absolute atomic E-state index is 0.101. The summed E-state index contributed by atoms with van der Waals surface area (Å²) in [4.78, 5) is 12.3. The van der Waals surface area contributed by atoms with Crippen LogP contribution in [0, 0.1) is 0 Å². The lowest BCUT2D eigenvalue weighted by Gasteiger charge is -2.15. The van der Waals surface area contributed by atoms with Gasteiger partial charge in [-0.3, -0.25) is 4.79 Å².